The summed E-state index contributed by atoms with van der Waals surface area (Å²) in [7, 11) is 0. The van der Waals surface area contributed by atoms with Crippen LogP contribution in [-0.2, 0) is 36.8 Å². The molecule has 5 atom stereocenters. The Kier molecular flexibility index (Phi) is 16.2. The summed E-state index contributed by atoms with van der Waals surface area (Å²) in [6.07, 6.45) is 0.808. The predicted octanol–water partition coefficient (Wildman–Crippen LogP) is 7.90. The number of alkyl halides is 1. The topological polar surface area (TPSA) is 143 Å². The second kappa shape index (κ2) is 21.7. The second-order valence-electron chi connectivity index (χ2n) is 19.8. The zero-order valence-corrected chi connectivity index (χ0v) is 40.8. The first-order valence-corrected chi connectivity index (χ1v) is 24.2. The lowest BCUT2D eigenvalue weighted by molar-refractivity contribution is -0.144. The van der Waals surface area contributed by atoms with Crippen LogP contribution in [-0.4, -0.2) is 114 Å². The number of β-amino-alcohol motifs (C(OH)–C–C–N with tert-alkyl or cyclic N) is 1. The number of aryl methyl sites for hydroxylation is 1. The van der Waals surface area contributed by atoms with Crippen LogP contribution in [0.2, 0.25) is 0 Å². The van der Waals surface area contributed by atoms with Crippen molar-refractivity contribution in [1.82, 2.24) is 25.4 Å². The van der Waals surface area contributed by atoms with Crippen molar-refractivity contribution in [3.8, 4) is 16.2 Å². The van der Waals surface area contributed by atoms with Crippen LogP contribution in [0.5, 0.6) is 5.75 Å². The Morgan fingerprint density at radius 1 is 0.971 bits per heavy atom. The summed E-state index contributed by atoms with van der Waals surface area (Å²) in [6, 6.07) is 15.3. The van der Waals surface area contributed by atoms with E-state index in [0.29, 0.717) is 19.3 Å². The number of fused-ring (bicyclic) bond motifs is 2. The average molecular weight is 960 g/mol. The number of carbonyl (C=O) groups excluding carboxylic acids is 3. The van der Waals surface area contributed by atoms with Crippen LogP contribution < -0.4 is 15.4 Å². The third-order valence-corrected chi connectivity index (χ3v) is 13.7. The van der Waals surface area contributed by atoms with Crippen molar-refractivity contribution in [2.75, 3.05) is 46.1 Å². The SMILES string of the molecule is Cc1ncsc1-c1ccc(CNC(=O)[C@@H]2C[C@@H](O)CN2C(=O)[C@@H](NC(=O)COCCCOCCOc2cc(F)c([C@@H]3C4=C(C[C@@H](C)N3CC(C)(C)F)c3ccccc3C4)c(F)c2)C(C)(C)C)cc1. The minimum Gasteiger partial charge on any atom is -0.491 e. The second-order valence-corrected chi connectivity index (χ2v) is 20.7. The van der Waals surface area contributed by atoms with Crippen molar-refractivity contribution in [1.29, 1.82) is 0 Å². The maximum Gasteiger partial charge on any atom is 0.246 e. The molecular weight excluding hydrogens is 896 g/mol. The molecule has 1 saturated heterocycles. The summed E-state index contributed by atoms with van der Waals surface area (Å²) < 4.78 is 64.2. The number of hydrogen-bond acceptors (Lipinski definition) is 10. The van der Waals surface area contributed by atoms with E-state index in [1.54, 1.807) is 16.8 Å². The van der Waals surface area contributed by atoms with E-state index in [0.717, 1.165) is 44.0 Å². The van der Waals surface area contributed by atoms with Crippen LogP contribution in [0.3, 0.4) is 0 Å². The Bertz CT molecular complexity index is 2440. The molecule has 0 radical (unpaired) electrons. The minimum atomic E-state index is -1.59. The molecule has 3 N–H and O–H groups in total. The number of hydrogen-bond donors (Lipinski definition) is 3. The molecule has 1 fully saturated rings. The molecule has 68 heavy (non-hydrogen) atoms. The van der Waals surface area contributed by atoms with Gasteiger partial charge in [-0.05, 0) is 85.8 Å². The number of nitrogens with one attached hydrogen (secondary N) is 2. The zero-order valence-electron chi connectivity index (χ0n) is 40.0. The van der Waals surface area contributed by atoms with Gasteiger partial charge in [0.25, 0.3) is 0 Å². The van der Waals surface area contributed by atoms with E-state index < -0.39 is 64.7 Å². The van der Waals surface area contributed by atoms with Crippen molar-refractivity contribution in [3.63, 3.8) is 0 Å². The fourth-order valence-electron chi connectivity index (χ4n) is 9.48. The van der Waals surface area contributed by atoms with Gasteiger partial charge in [0.05, 0.1) is 34.8 Å². The molecule has 3 amide bonds. The zero-order chi connectivity index (χ0) is 48.9. The van der Waals surface area contributed by atoms with Gasteiger partial charge in [-0.15, -0.1) is 11.3 Å². The Hall–Kier alpha value is -5.13. The van der Waals surface area contributed by atoms with Crippen LogP contribution in [0, 0.1) is 24.0 Å². The van der Waals surface area contributed by atoms with E-state index in [2.05, 4.69) is 15.6 Å². The first-order valence-electron chi connectivity index (χ1n) is 23.4. The number of aliphatic hydroxyl groups is 1. The molecule has 7 rings (SSSR count). The van der Waals surface area contributed by atoms with Gasteiger partial charge in [0.2, 0.25) is 17.7 Å². The van der Waals surface area contributed by atoms with E-state index in [4.69, 9.17) is 14.2 Å². The lowest BCUT2D eigenvalue weighted by Gasteiger charge is -2.44. The highest BCUT2D eigenvalue weighted by Crippen LogP contribution is 2.50. The summed E-state index contributed by atoms with van der Waals surface area (Å²) in [6.45, 7) is 12.8. The molecule has 16 heteroatoms. The Morgan fingerprint density at radius 2 is 1.68 bits per heavy atom. The summed E-state index contributed by atoms with van der Waals surface area (Å²) in [5.74, 6) is -2.89. The van der Waals surface area contributed by atoms with Gasteiger partial charge in [0, 0.05) is 63.0 Å². The molecule has 3 aliphatic rings. The summed E-state index contributed by atoms with van der Waals surface area (Å²) in [5.41, 5.74) is 6.39. The number of likely N-dealkylation sites (tertiary alicyclic amines) is 1. The van der Waals surface area contributed by atoms with Gasteiger partial charge in [-0.2, -0.15) is 0 Å². The fraction of sp³-hybridized carbons (Fsp3) is 0.500. The van der Waals surface area contributed by atoms with Gasteiger partial charge in [0.15, 0.2) is 0 Å². The van der Waals surface area contributed by atoms with Crippen molar-refractivity contribution in [2.45, 2.75) is 117 Å². The van der Waals surface area contributed by atoms with E-state index in [1.165, 1.54) is 30.9 Å². The lowest BCUT2D eigenvalue weighted by atomic mass is 9.84. The molecule has 0 saturated carbocycles. The number of ether oxygens (including phenoxy) is 3. The molecule has 3 heterocycles. The van der Waals surface area contributed by atoms with E-state index >= 15 is 13.2 Å². The number of halogens is 3. The number of aliphatic hydroxyl groups excluding tert-OH is 1. The highest BCUT2D eigenvalue weighted by Gasteiger charge is 2.45. The van der Waals surface area contributed by atoms with Gasteiger partial charge in [-0.25, -0.2) is 18.2 Å². The number of aromatic nitrogens is 1. The van der Waals surface area contributed by atoms with Gasteiger partial charge in [-0.3, -0.25) is 19.3 Å². The maximum absolute atomic E-state index is 16.1. The van der Waals surface area contributed by atoms with Crippen molar-refractivity contribution >= 4 is 34.6 Å². The summed E-state index contributed by atoms with van der Waals surface area (Å²) in [5, 5.41) is 16.3. The standard InChI is InChI=1S/C52H64F3N5O7S/c1-31-21-39-38-12-9-8-11-35(38)22-40(39)46(60(31)29-52(6,7)55)45-41(53)24-37(25-42(45)54)67-20-19-65-17-10-18-66-28-44(62)58-48(51(3,4)5)50(64)59-27-36(61)23-43(59)49(63)56-26-33-13-15-34(16-14-33)47-32(2)57-30-68-47/h8-9,11-16,24-25,30-31,36,43,46,48,61H,10,17-23,26-29H2,1-7H3,(H,56,63)(H,58,62)/t31-,36-,43+,46+,48-/m1/s1. The molecular formula is C52H64F3N5O7S. The Labute approximate surface area is 401 Å². The number of carbonyl (C=O) groups is 3. The van der Waals surface area contributed by atoms with Crippen molar-refractivity contribution in [3.05, 3.63) is 111 Å². The molecule has 0 spiro atoms. The molecule has 1 aliphatic carbocycles. The predicted molar refractivity (Wildman–Crippen MR) is 256 cm³/mol. The highest BCUT2D eigenvalue weighted by molar-refractivity contribution is 7.13. The largest absolute Gasteiger partial charge is 0.491 e. The van der Waals surface area contributed by atoms with Crippen LogP contribution in [0.15, 0.2) is 71.7 Å². The Morgan fingerprint density at radius 3 is 2.35 bits per heavy atom. The van der Waals surface area contributed by atoms with Crippen LogP contribution in [0.4, 0.5) is 13.2 Å². The third kappa shape index (κ3) is 12.2. The minimum absolute atomic E-state index is 0.0128. The normalized spacial score (nSPS) is 20.0. The molecule has 2 aliphatic heterocycles. The van der Waals surface area contributed by atoms with E-state index in [1.807, 2.05) is 88.0 Å². The smallest absolute Gasteiger partial charge is 0.246 e. The monoisotopic (exact) mass is 959 g/mol. The van der Waals surface area contributed by atoms with Gasteiger partial charge < -0.3 is 34.9 Å². The van der Waals surface area contributed by atoms with Gasteiger partial charge in [0.1, 0.15) is 48.4 Å². The number of nitrogens with zero attached hydrogens (tertiary/aromatic N) is 3. The maximum atomic E-state index is 16.1. The van der Waals surface area contributed by atoms with Crippen molar-refractivity contribution in [2.24, 2.45) is 5.41 Å². The first kappa shape index (κ1) is 50.7. The first-order chi connectivity index (χ1) is 32.3. The number of benzene rings is 3. The van der Waals surface area contributed by atoms with Crippen LogP contribution >= 0.6 is 11.3 Å². The van der Waals surface area contributed by atoms with E-state index in [-0.39, 0.29) is 76.4 Å². The molecule has 1 aromatic heterocycles. The number of thiazole rings is 1. The molecule has 12 nitrogen and oxygen atoms in total. The highest BCUT2D eigenvalue weighted by atomic mass is 32.1. The number of rotatable bonds is 19. The van der Waals surface area contributed by atoms with Gasteiger partial charge >= 0.3 is 0 Å². The Balaban J connectivity index is 0.840. The summed E-state index contributed by atoms with van der Waals surface area (Å²) in [4.78, 5) is 49.1. The molecule has 366 valence electrons. The van der Waals surface area contributed by atoms with Crippen LogP contribution in [0.25, 0.3) is 16.0 Å². The van der Waals surface area contributed by atoms with Gasteiger partial charge in [-0.1, -0.05) is 69.3 Å². The van der Waals surface area contributed by atoms with Crippen molar-refractivity contribution < 1.29 is 46.9 Å². The van der Waals surface area contributed by atoms with Crippen LogP contribution in [0.1, 0.15) is 94.8 Å². The lowest BCUT2D eigenvalue weighted by Crippen LogP contribution is -2.58. The number of amides is 3. The quantitative estimate of drug-likeness (QED) is 0.0800. The molecule has 0 bridgehead atoms. The molecule has 0 unspecified atom stereocenters. The third-order valence-electron chi connectivity index (χ3n) is 12.7. The molecule has 3 aromatic carbocycles. The molecule has 4 aromatic rings. The summed E-state index contributed by atoms with van der Waals surface area (Å²) >= 11 is 1.56. The average Bonchev–Trinajstić information content (AvgIpc) is 4.00. The van der Waals surface area contributed by atoms with E-state index in [9.17, 15) is 19.5 Å². The fourth-order valence-corrected chi connectivity index (χ4v) is 10.3.